The van der Waals surface area contributed by atoms with Gasteiger partial charge in [-0.25, -0.2) is 0 Å². The fourth-order valence-electron chi connectivity index (χ4n) is 2.66. The van der Waals surface area contributed by atoms with E-state index >= 15 is 0 Å². The maximum Gasteiger partial charge on any atom is 0.257 e. The van der Waals surface area contributed by atoms with E-state index in [4.69, 9.17) is 4.52 Å². The molecule has 0 spiro atoms. The summed E-state index contributed by atoms with van der Waals surface area (Å²) in [6, 6.07) is 0.349. The molecule has 0 bridgehead atoms. The van der Waals surface area contributed by atoms with Crippen molar-refractivity contribution in [2.45, 2.75) is 19.9 Å². The largest absolute Gasteiger partial charge is 0.361 e. The molecule has 2 unspecified atom stereocenters. The molecular weight excluding hydrogens is 206 g/mol. The minimum Gasteiger partial charge on any atom is -0.361 e. The van der Waals surface area contributed by atoms with Crippen molar-refractivity contribution in [2.75, 3.05) is 13.1 Å². The normalized spacial score (nSPS) is 31.2. The van der Waals surface area contributed by atoms with Crippen LogP contribution in [0, 0.1) is 25.7 Å². The third-order valence-electron chi connectivity index (χ3n) is 3.65. The summed E-state index contributed by atoms with van der Waals surface area (Å²) in [5, 5.41) is 10.2. The molecule has 5 heteroatoms. The van der Waals surface area contributed by atoms with Crippen LogP contribution in [-0.4, -0.2) is 30.2 Å². The number of hydrogen-bond donors (Lipinski definition) is 2. The zero-order valence-corrected chi connectivity index (χ0v) is 9.41. The minimum absolute atomic E-state index is 0.0457. The summed E-state index contributed by atoms with van der Waals surface area (Å²) < 4.78 is 4.99. The van der Waals surface area contributed by atoms with E-state index in [0.717, 1.165) is 13.1 Å². The van der Waals surface area contributed by atoms with Crippen LogP contribution >= 0.6 is 0 Å². The summed E-state index contributed by atoms with van der Waals surface area (Å²) in [5.74, 6) is 1.81. The molecule has 2 N–H and O–H groups in total. The van der Waals surface area contributed by atoms with Crippen molar-refractivity contribution in [3.8, 4) is 0 Å². The summed E-state index contributed by atoms with van der Waals surface area (Å²) in [6.45, 7) is 5.61. The highest BCUT2D eigenvalue weighted by Crippen LogP contribution is 2.41. The lowest BCUT2D eigenvalue weighted by Crippen LogP contribution is -2.33. The van der Waals surface area contributed by atoms with Crippen molar-refractivity contribution in [1.29, 1.82) is 0 Å². The molecular formula is C11H15N3O2. The van der Waals surface area contributed by atoms with Gasteiger partial charge < -0.3 is 15.2 Å². The second kappa shape index (κ2) is 3.31. The Bertz CT molecular complexity index is 411. The van der Waals surface area contributed by atoms with Gasteiger partial charge >= 0.3 is 0 Å². The third kappa shape index (κ3) is 1.35. The van der Waals surface area contributed by atoms with Crippen molar-refractivity contribution in [1.82, 2.24) is 15.8 Å². The van der Waals surface area contributed by atoms with Crippen LogP contribution in [0.15, 0.2) is 4.52 Å². The predicted molar refractivity (Wildman–Crippen MR) is 57.1 cm³/mol. The topological polar surface area (TPSA) is 67.2 Å². The highest BCUT2D eigenvalue weighted by Gasteiger charge is 2.53. The Morgan fingerprint density at radius 3 is 2.69 bits per heavy atom. The lowest BCUT2D eigenvalue weighted by molar-refractivity contribution is 0.0944. The van der Waals surface area contributed by atoms with E-state index in [0.29, 0.717) is 34.9 Å². The number of rotatable bonds is 2. The molecule has 5 nitrogen and oxygen atoms in total. The molecule has 0 radical (unpaired) electrons. The SMILES string of the molecule is Cc1noc(C)c1C(=O)NC1C2CNCC21. The van der Waals surface area contributed by atoms with Crippen LogP contribution in [0.25, 0.3) is 0 Å². The summed E-state index contributed by atoms with van der Waals surface area (Å²) in [6.07, 6.45) is 0. The number of carbonyl (C=O) groups is 1. The van der Waals surface area contributed by atoms with Gasteiger partial charge in [-0.3, -0.25) is 4.79 Å². The minimum atomic E-state index is -0.0457. The number of nitrogens with one attached hydrogen (secondary N) is 2. The summed E-state index contributed by atoms with van der Waals surface area (Å²) in [7, 11) is 0. The Morgan fingerprint density at radius 1 is 1.44 bits per heavy atom. The predicted octanol–water partition coefficient (Wildman–Crippen LogP) is 0.239. The summed E-state index contributed by atoms with van der Waals surface area (Å²) in [5.41, 5.74) is 1.26. The van der Waals surface area contributed by atoms with E-state index < -0.39 is 0 Å². The Morgan fingerprint density at radius 2 is 2.12 bits per heavy atom. The Hall–Kier alpha value is -1.36. The highest BCUT2D eigenvalue weighted by molar-refractivity contribution is 5.96. The molecule has 1 aliphatic heterocycles. The average Bonchev–Trinajstić information content (AvgIpc) is 2.67. The van der Waals surface area contributed by atoms with Crippen LogP contribution < -0.4 is 10.6 Å². The number of nitrogens with zero attached hydrogens (tertiary/aromatic N) is 1. The molecule has 2 heterocycles. The van der Waals surface area contributed by atoms with Crippen molar-refractivity contribution >= 4 is 5.91 Å². The maximum atomic E-state index is 12.0. The quantitative estimate of drug-likeness (QED) is 0.750. The highest BCUT2D eigenvalue weighted by atomic mass is 16.5. The second-order valence-electron chi connectivity index (χ2n) is 4.68. The number of piperidine rings is 1. The monoisotopic (exact) mass is 221 g/mol. The molecule has 16 heavy (non-hydrogen) atoms. The number of aromatic nitrogens is 1. The fourth-order valence-corrected chi connectivity index (χ4v) is 2.66. The third-order valence-corrected chi connectivity index (χ3v) is 3.65. The zero-order valence-electron chi connectivity index (χ0n) is 9.41. The van der Waals surface area contributed by atoms with E-state index in [1.165, 1.54) is 0 Å². The molecule has 1 saturated heterocycles. The summed E-state index contributed by atoms with van der Waals surface area (Å²) in [4.78, 5) is 12.0. The van der Waals surface area contributed by atoms with Gasteiger partial charge in [-0.05, 0) is 25.7 Å². The molecule has 1 aromatic rings. The molecule has 2 aliphatic rings. The van der Waals surface area contributed by atoms with E-state index in [9.17, 15) is 4.79 Å². The summed E-state index contributed by atoms with van der Waals surface area (Å²) >= 11 is 0. The Balaban J connectivity index is 1.70. The maximum absolute atomic E-state index is 12.0. The van der Waals surface area contributed by atoms with Crippen molar-refractivity contribution in [2.24, 2.45) is 11.8 Å². The van der Waals surface area contributed by atoms with Crippen LogP contribution in [0.5, 0.6) is 0 Å². The van der Waals surface area contributed by atoms with Gasteiger partial charge in [-0.15, -0.1) is 0 Å². The average molecular weight is 221 g/mol. The van der Waals surface area contributed by atoms with Gasteiger partial charge in [-0.1, -0.05) is 5.16 Å². The van der Waals surface area contributed by atoms with Crippen LogP contribution in [0.2, 0.25) is 0 Å². The van der Waals surface area contributed by atoms with Crippen molar-refractivity contribution in [3.63, 3.8) is 0 Å². The lowest BCUT2D eigenvalue weighted by atomic mass is 10.2. The van der Waals surface area contributed by atoms with E-state index in [1.54, 1.807) is 13.8 Å². The van der Waals surface area contributed by atoms with E-state index in [1.807, 2.05) is 0 Å². The first-order valence-electron chi connectivity index (χ1n) is 5.63. The zero-order chi connectivity index (χ0) is 11.3. The van der Waals surface area contributed by atoms with Crippen LogP contribution in [0.1, 0.15) is 21.8 Å². The van der Waals surface area contributed by atoms with Crippen molar-refractivity contribution < 1.29 is 9.32 Å². The number of fused-ring (bicyclic) bond motifs is 1. The van der Waals surface area contributed by atoms with Gasteiger partial charge in [0.2, 0.25) is 0 Å². The smallest absolute Gasteiger partial charge is 0.257 e. The molecule has 1 amide bonds. The Labute approximate surface area is 93.6 Å². The first kappa shape index (κ1) is 9.84. The Kier molecular flexibility index (Phi) is 2.04. The van der Waals surface area contributed by atoms with Gasteiger partial charge in [0.25, 0.3) is 5.91 Å². The first-order valence-corrected chi connectivity index (χ1v) is 5.63. The van der Waals surface area contributed by atoms with Gasteiger partial charge in [0, 0.05) is 19.1 Å². The molecule has 1 saturated carbocycles. The molecule has 1 aromatic heterocycles. The van der Waals surface area contributed by atoms with Crippen molar-refractivity contribution in [3.05, 3.63) is 17.0 Å². The first-order chi connectivity index (χ1) is 7.68. The van der Waals surface area contributed by atoms with Gasteiger partial charge in [0.15, 0.2) is 0 Å². The molecule has 1 aliphatic carbocycles. The molecule has 86 valence electrons. The number of amides is 1. The fraction of sp³-hybridized carbons (Fsp3) is 0.636. The van der Waals surface area contributed by atoms with Crippen LogP contribution in [0.4, 0.5) is 0 Å². The van der Waals surface area contributed by atoms with Gasteiger partial charge in [-0.2, -0.15) is 0 Å². The van der Waals surface area contributed by atoms with Gasteiger partial charge in [0.1, 0.15) is 11.3 Å². The molecule has 2 atom stereocenters. The second-order valence-corrected chi connectivity index (χ2v) is 4.68. The van der Waals surface area contributed by atoms with Gasteiger partial charge in [0.05, 0.1) is 5.69 Å². The molecule has 0 aromatic carbocycles. The number of carbonyl (C=O) groups excluding carboxylic acids is 1. The number of aryl methyl sites for hydroxylation is 2. The van der Waals surface area contributed by atoms with Crippen LogP contribution in [-0.2, 0) is 0 Å². The molecule has 3 rings (SSSR count). The standard InChI is InChI=1S/C11H15N3O2/c1-5-9(6(2)16-14-5)11(15)13-10-7-3-12-4-8(7)10/h7-8,10,12H,3-4H2,1-2H3,(H,13,15). The van der Waals surface area contributed by atoms with E-state index in [-0.39, 0.29) is 5.91 Å². The lowest BCUT2D eigenvalue weighted by Gasteiger charge is -2.06. The molecule has 2 fully saturated rings. The van der Waals surface area contributed by atoms with Crippen LogP contribution in [0.3, 0.4) is 0 Å². The van der Waals surface area contributed by atoms with E-state index in [2.05, 4.69) is 15.8 Å². The number of hydrogen-bond acceptors (Lipinski definition) is 4.